The fourth-order valence-electron chi connectivity index (χ4n) is 3.79. The van der Waals surface area contributed by atoms with Crippen LogP contribution in [-0.4, -0.2) is 25.1 Å². The van der Waals surface area contributed by atoms with Crippen molar-refractivity contribution in [2.45, 2.75) is 20.0 Å². The van der Waals surface area contributed by atoms with E-state index in [2.05, 4.69) is 15.2 Å². The minimum Gasteiger partial charge on any atom is -0.493 e. The number of nitrogens with zero attached hydrogens (tertiary/aromatic N) is 5. The highest BCUT2D eigenvalue weighted by Gasteiger charge is 2.16. The maximum Gasteiger partial charge on any atom is 0.284 e. The number of thiophene rings is 1. The Kier molecular flexibility index (Phi) is 5.31. The molecule has 0 radical (unpaired) electrons. The number of hydrogen-bond acceptors (Lipinski definition) is 6. The van der Waals surface area contributed by atoms with Gasteiger partial charge in [-0.2, -0.15) is 0 Å². The lowest BCUT2D eigenvalue weighted by atomic mass is 10.2. The van der Waals surface area contributed by atoms with Gasteiger partial charge in [0.1, 0.15) is 11.4 Å². The number of aromatic nitrogens is 3. The number of benzene rings is 2. The predicted octanol–water partition coefficient (Wildman–Crippen LogP) is 5.12. The molecule has 1 amide bonds. The predicted molar refractivity (Wildman–Crippen MR) is 128 cm³/mol. The summed E-state index contributed by atoms with van der Waals surface area (Å²) >= 11 is 1.43. The van der Waals surface area contributed by atoms with Crippen LogP contribution in [0.25, 0.3) is 31.6 Å². The summed E-state index contributed by atoms with van der Waals surface area (Å²) in [7, 11) is 0. The van der Waals surface area contributed by atoms with E-state index in [0.29, 0.717) is 22.1 Å². The van der Waals surface area contributed by atoms with Crippen molar-refractivity contribution in [3.63, 3.8) is 0 Å². The molecule has 0 unspecified atom stereocenters. The highest BCUT2D eigenvalue weighted by molar-refractivity contribution is 7.21. The number of carbonyl (C=O) groups excluding carboxylic acids is 1. The van der Waals surface area contributed by atoms with Gasteiger partial charge in [0.15, 0.2) is 5.69 Å². The molecule has 3 heterocycles. The van der Waals surface area contributed by atoms with Crippen LogP contribution in [0.3, 0.4) is 0 Å². The second kappa shape index (κ2) is 8.44. The van der Waals surface area contributed by atoms with Gasteiger partial charge >= 0.3 is 0 Å². The molecule has 0 saturated heterocycles. The number of rotatable bonds is 5. The number of para-hydroxylation sites is 1. The van der Waals surface area contributed by atoms with Gasteiger partial charge in [-0.05, 0) is 24.6 Å². The molecule has 0 atom stereocenters. The molecule has 0 aliphatic carbocycles. The lowest BCUT2D eigenvalue weighted by molar-refractivity contribution is -0.118. The first-order valence-corrected chi connectivity index (χ1v) is 11.2. The van der Waals surface area contributed by atoms with Gasteiger partial charge in [-0.1, -0.05) is 48.5 Å². The van der Waals surface area contributed by atoms with Crippen molar-refractivity contribution in [3.8, 4) is 16.3 Å². The molecule has 0 aliphatic rings. The summed E-state index contributed by atoms with van der Waals surface area (Å²) in [6.07, 6.45) is 1.35. The van der Waals surface area contributed by atoms with E-state index in [1.165, 1.54) is 22.2 Å². The highest BCUT2D eigenvalue weighted by Crippen LogP contribution is 2.38. The Morgan fingerprint density at radius 3 is 2.64 bits per heavy atom. The van der Waals surface area contributed by atoms with E-state index in [0.717, 1.165) is 16.0 Å². The molecule has 33 heavy (non-hydrogen) atoms. The topological polar surface area (TPSA) is 102 Å². The average Bonchev–Trinajstić information content (AvgIpc) is 3.39. The molecule has 0 fully saturated rings. The normalized spacial score (nSPS) is 11.7. The molecule has 9 heteroatoms. The maximum atomic E-state index is 12.9. The van der Waals surface area contributed by atoms with E-state index in [4.69, 9.17) is 0 Å². The fraction of sp³-hybridized carbons (Fsp3) is 0.125. The van der Waals surface area contributed by atoms with Crippen molar-refractivity contribution in [1.82, 2.24) is 14.1 Å². The summed E-state index contributed by atoms with van der Waals surface area (Å²) in [6.45, 7) is 2.15. The summed E-state index contributed by atoms with van der Waals surface area (Å²) in [4.78, 5) is 31.3. The van der Waals surface area contributed by atoms with Crippen LogP contribution < -0.4 is 5.56 Å². The summed E-state index contributed by atoms with van der Waals surface area (Å²) in [5.41, 5.74) is 1.72. The van der Waals surface area contributed by atoms with Gasteiger partial charge in [-0.3, -0.25) is 14.2 Å². The molecular weight excluding hydrogens is 438 g/mol. The Hall–Kier alpha value is -4.11. The molecular formula is C24H19N5O3S. The van der Waals surface area contributed by atoms with E-state index < -0.39 is 5.91 Å². The highest BCUT2D eigenvalue weighted by atomic mass is 32.1. The molecule has 8 nitrogen and oxygen atoms in total. The van der Waals surface area contributed by atoms with E-state index in [1.54, 1.807) is 10.6 Å². The van der Waals surface area contributed by atoms with Crippen molar-refractivity contribution in [2.75, 3.05) is 0 Å². The third-order valence-corrected chi connectivity index (χ3v) is 6.47. The van der Waals surface area contributed by atoms with Crippen molar-refractivity contribution in [3.05, 3.63) is 77.3 Å². The molecule has 164 valence electrons. The number of azo groups is 1. The molecule has 2 aromatic carbocycles. The van der Waals surface area contributed by atoms with E-state index in [1.807, 2.05) is 61.5 Å². The average molecular weight is 458 g/mol. The standard InChI is InChI=1S/C24H19N5O3S/c1-2-29-18-11-7-6-10-16(18)21(24(29)32)27-26-20(30)13-28-14-25-22-17(23(28)31)12-19(33-22)15-8-4-3-5-9-15/h3-12,14,32H,2,13H2,1H3. The van der Waals surface area contributed by atoms with Crippen LogP contribution in [-0.2, 0) is 17.9 Å². The van der Waals surface area contributed by atoms with Gasteiger partial charge in [0.2, 0.25) is 5.88 Å². The van der Waals surface area contributed by atoms with Gasteiger partial charge in [0, 0.05) is 16.8 Å². The monoisotopic (exact) mass is 457 g/mol. The summed E-state index contributed by atoms with van der Waals surface area (Å²) in [5, 5.41) is 19.4. The maximum absolute atomic E-state index is 12.9. The lowest BCUT2D eigenvalue weighted by Crippen LogP contribution is -2.23. The third-order valence-electron chi connectivity index (χ3n) is 5.38. The molecule has 0 aliphatic heterocycles. The van der Waals surface area contributed by atoms with Crippen LogP contribution >= 0.6 is 11.3 Å². The number of hydrogen-bond donors (Lipinski definition) is 1. The minimum atomic E-state index is -0.621. The van der Waals surface area contributed by atoms with Gasteiger partial charge in [0.25, 0.3) is 11.5 Å². The molecule has 5 aromatic rings. The number of carbonyl (C=O) groups is 1. The molecule has 0 bridgehead atoms. The molecule has 0 spiro atoms. The van der Waals surface area contributed by atoms with Crippen LogP contribution in [0.1, 0.15) is 6.92 Å². The lowest BCUT2D eigenvalue weighted by Gasteiger charge is -2.01. The first-order valence-electron chi connectivity index (χ1n) is 10.4. The summed E-state index contributed by atoms with van der Waals surface area (Å²) < 4.78 is 2.91. The summed E-state index contributed by atoms with van der Waals surface area (Å²) in [5.74, 6) is -0.674. The van der Waals surface area contributed by atoms with Crippen LogP contribution in [0, 0.1) is 0 Å². The fourth-order valence-corrected chi connectivity index (χ4v) is 4.79. The SMILES string of the molecule is CCn1c(O)c(N=NC(=O)Cn2cnc3sc(-c4ccccc4)cc3c2=O)c2ccccc21. The van der Waals surface area contributed by atoms with Gasteiger partial charge < -0.3 is 9.67 Å². The van der Waals surface area contributed by atoms with Crippen molar-refractivity contribution in [2.24, 2.45) is 10.2 Å². The molecule has 1 N–H and O–H groups in total. The Morgan fingerprint density at radius 1 is 1.09 bits per heavy atom. The van der Waals surface area contributed by atoms with Gasteiger partial charge in [0.05, 0.1) is 17.2 Å². The van der Waals surface area contributed by atoms with Crippen LogP contribution in [0.5, 0.6) is 5.88 Å². The quantitative estimate of drug-likeness (QED) is 0.370. The first kappa shape index (κ1) is 20.8. The first-order chi connectivity index (χ1) is 16.1. The van der Waals surface area contributed by atoms with Crippen molar-refractivity contribution < 1.29 is 9.90 Å². The second-order valence-corrected chi connectivity index (χ2v) is 8.43. The van der Waals surface area contributed by atoms with E-state index in [9.17, 15) is 14.7 Å². The molecule has 3 aromatic heterocycles. The van der Waals surface area contributed by atoms with E-state index in [-0.39, 0.29) is 23.7 Å². The zero-order chi connectivity index (χ0) is 22.9. The zero-order valence-electron chi connectivity index (χ0n) is 17.7. The summed E-state index contributed by atoms with van der Waals surface area (Å²) in [6, 6.07) is 18.9. The zero-order valence-corrected chi connectivity index (χ0v) is 18.5. The van der Waals surface area contributed by atoms with Gasteiger partial charge in [-0.25, -0.2) is 4.98 Å². The number of aromatic hydroxyl groups is 1. The Morgan fingerprint density at radius 2 is 1.85 bits per heavy atom. The van der Waals surface area contributed by atoms with Crippen LogP contribution in [0.4, 0.5) is 5.69 Å². The Labute approximate surface area is 192 Å². The smallest absolute Gasteiger partial charge is 0.284 e. The van der Waals surface area contributed by atoms with Crippen molar-refractivity contribution >= 4 is 44.1 Å². The molecule has 0 saturated carbocycles. The van der Waals surface area contributed by atoms with Crippen molar-refractivity contribution in [1.29, 1.82) is 0 Å². The van der Waals surface area contributed by atoms with Gasteiger partial charge in [-0.15, -0.1) is 21.6 Å². The Bertz CT molecular complexity index is 1580. The molecule has 5 rings (SSSR count). The van der Waals surface area contributed by atoms with E-state index >= 15 is 0 Å². The largest absolute Gasteiger partial charge is 0.493 e. The van der Waals surface area contributed by atoms with Crippen LogP contribution in [0.15, 0.2) is 82.0 Å². The van der Waals surface area contributed by atoms with Crippen LogP contribution in [0.2, 0.25) is 0 Å². The Balaban J connectivity index is 1.43. The third kappa shape index (κ3) is 3.72. The minimum absolute atomic E-state index is 0.0535. The number of fused-ring (bicyclic) bond motifs is 2. The number of aryl methyl sites for hydroxylation is 1. The number of amides is 1. The second-order valence-electron chi connectivity index (χ2n) is 7.40.